The summed E-state index contributed by atoms with van der Waals surface area (Å²) in [6.07, 6.45) is 0. The van der Waals surface area contributed by atoms with E-state index in [4.69, 9.17) is 28.6 Å². The summed E-state index contributed by atoms with van der Waals surface area (Å²) in [5.41, 5.74) is 4.66. The molecule has 174 valence electrons. The van der Waals surface area contributed by atoms with Crippen LogP contribution in [0.3, 0.4) is 0 Å². The molecular weight excluding hydrogens is 466 g/mol. The number of hydrogen-bond acceptors (Lipinski definition) is 3. The lowest BCUT2D eigenvalue weighted by Crippen LogP contribution is -2.72. The van der Waals surface area contributed by atoms with Crippen molar-refractivity contribution >= 4 is 46.2 Å². The van der Waals surface area contributed by atoms with E-state index in [9.17, 15) is 4.79 Å². The lowest BCUT2D eigenvalue weighted by molar-refractivity contribution is -0.130. The lowest BCUT2D eigenvalue weighted by atomic mass is 9.78. The molecule has 0 saturated carbocycles. The Morgan fingerprint density at radius 3 is 2.47 bits per heavy atom. The second-order valence-corrected chi connectivity index (χ2v) is 10.0. The van der Waals surface area contributed by atoms with Crippen molar-refractivity contribution in [1.82, 2.24) is 5.32 Å². The van der Waals surface area contributed by atoms with Gasteiger partial charge < -0.3 is 15.4 Å². The maximum atomic E-state index is 13.9. The van der Waals surface area contributed by atoms with Gasteiger partial charge in [-0.25, -0.2) is 0 Å². The quantitative estimate of drug-likeness (QED) is 0.436. The number of halogens is 1. The predicted molar refractivity (Wildman–Crippen MR) is 141 cm³/mol. The topological polar surface area (TPSA) is 53.6 Å². The molecule has 0 aliphatic carbocycles. The molecule has 2 heterocycles. The number of hydrogen-bond donors (Lipinski definition) is 2. The van der Waals surface area contributed by atoms with Crippen molar-refractivity contribution in [3.05, 3.63) is 87.9 Å². The molecule has 0 unspecified atom stereocenters. The van der Waals surface area contributed by atoms with Crippen LogP contribution in [0.4, 0.5) is 11.4 Å². The molecule has 2 aliphatic heterocycles. The van der Waals surface area contributed by atoms with Crippen LogP contribution in [-0.4, -0.2) is 16.7 Å². The minimum absolute atomic E-state index is 0.155. The van der Waals surface area contributed by atoms with E-state index < -0.39 is 17.7 Å². The van der Waals surface area contributed by atoms with E-state index in [-0.39, 0.29) is 5.91 Å². The number of nitrogens with one attached hydrogen (secondary N) is 2. The zero-order valence-corrected chi connectivity index (χ0v) is 21.1. The molecule has 2 bridgehead atoms. The summed E-state index contributed by atoms with van der Waals surface area (Å²) in [4.78, 5) is 15.8. The molecule has 0 aromatic heterocycles. The number of benzene rings is 3. The average molecular weight is 492 g/mol. The zero-order valence-electron chi connectivity index (χ0n) is 19.5. The number of anilines is 2. The third-order valence-electron chi connectivity index (χ3n) is 6.67. The van der Waals surface area contributed by atoms with Crippen LogP contribution < -0.4 is 20.3 Å². The third kappa shape index (κ3) is 3.71. The molecule has 34 heavy (non-hydrogen) atoms. The van der Waals surface area contributed by atoms with Crippen molar-refractivity contribution in [2.75, 3.05) is 10.2 Å². The molecule has 0 radical (unpaired) electrons. The van der Waals surface area contributed by atoms with Crippen LogP contribution in [-0.2, 0) is 4.79 Å². The molecule has 3 atom stereocenters. The summed E-state index contributed by atoms with van der Waals surface area (Å²) >= 11 is 12.1. The highest BCUT2D eigenvalue weighted by Crippen LogP contribution is 2.50. The van der Waals surface area contributed by atoms with Crippen LogP contribution in [0.1, 0.15) is 35.2 Å². The maximum Gasteiger partial charge on any atom is 0.236 e. The number of rotatable bonds is 3. The first-order valence-corrected chi connectivity index (χ1v) is 12.0. The van der Waals surface area contributed by atoms with Gasteiger partial charge in [-0.3, -0.25) is 9.69 Å². The lowest BCUT2D eigenvalue weighted by Gasteiger charge is -2.56. The Bertz CT molecular complexity index is 1310. The Morgan fingerprint density at radius 2 is 1.76 bits per heavy atom. The monoisotopic (exact) mass is 491 g/mol. The van der Waals surface area contributed by atoms with Gasteiger partial charge in [0, 0.05) is 22.0 Å². The van der Waals surface area contributed by atoms with E-state index in [1.165, 1.54) is 0 Å². The Morgan fingerprint density at radius 1 is 1.06 bits per heavy atom. The van der Waals surface area contributed by atoms with E-state index in [1.807, 2.05) is 81.1 Å². The molecule has 7 heteroatoms. The number of thiocarbonyl (C=S) groups is 1. The number of nitrogens with zero attached hydrogens (tertiary/aromatic N) is 1. The summed E-state index contributed by atoms with van der Waals surface area (Å²) in [6, 6.07) is 19.1. The van der Waals surface area contributed by atoms with Gasteiger partial charge in [0.2, 0.25) is 5.91 Å². The summed E-state index contributed by atoms with van der Waals surface area (Å²) in [5, 5.41) is 7.63. The fourth-order valence-corrected chi connectivity index (χ4v) is 5.60. The molecule has 1 saturated heterocycles. The van der Waals surface area contributed by atoms with Crippen LogP contribution in [0, 0.1) is 26.7 Å². The second-order valence-electron chi connectivity index (χ2n) is 9.22. The molecule has 1 amide bonds. The smallest absolute Gasteiger partial charge is 0.236 e. The molecule has 2 N–H and O–H groups in total. The fraction of sp³-hybridized carbons (Fsp3) is 0.259. The summed E-state index contributed by atoms with van der Waals surface area (Å²) in [7, 11) is 0. The average Bonchev–Trinajstić information content (AvgIpc) is 2.77. The molecule has 5 rings (SSSR count). The van der Waals surface area contributed by atoms with E-state index in [0.717, 1.165) is 33.6 Å². The number of ether oxygens (including phenoxy) is 1. The van der Waals surface area contributed by atoms with Gasteiger partial charge in [0.05, 0.1) is 6.04 Å². The molecule has 2 aliphatic rings. The van der Waals surface area contributed by atoms with Crippen LogP contribution in [0.5, 0.6) is 5.75 Å². The summed E-state index contributed by atoms with van der Waals surface area (Å²) < 4.78 is 6.61. The minimum Gasteiger partial charge on any atom is -0.467 e. The normalized spacial score (nSPS) is 23.0. The minimum atomic E-state index is -1.06. The largest absolute Gasteiger partial charge is 0.467 e. The SMILES string of the molecule is Cc1ccc(N2C(=S)N[C@@H]3c4cc(Cl)ccc4O[C@@]2(C)[C@@H]3C(=O)Nc2ccc(C)cc2C)cc1. The molecule has 3 aromatic rings. The first kappa shape index (κ1) is 22.7. The summed E-state index contributed by atoms with van der Waals surface area (Å²) in [5.74, 6) is -0.0936. The highest BCUT2D eigenvalue weighted by atomic mass is 35.5. The fourth-order valence-electron chi connectivity index (χ4n) is 5.00. The van der Waals surface area contributed by atoms with Gasteiger partial charge >= 0.3 is 0 Å². The van der Waals surface area contributed by atoms with Crippen molar-refractivity contribution in [2.24, 2.45) is 5.92 Å². The summed E-state index contributed by atoms with van der Waals surface area (Å²) in [6.45, 7) is 7.98. The van der Waals surface area contributed by atoms with E-state index in [1.54, 1.807) is 6.07 Å². The first-order chi connectivity index (χ1) is 16.2. The number of carbonyl (C=O) groups excluding carboxylic acids is 1. The number of carbonyl (C=O) groups is 1. The highest BCUT2D eigenvalue weighted by Gasteiger charge is 2.59. The van der Waals surface area contributed by atoms with Gasteiger partial charge in [-0.1, -0.05) is 47.0 Å². The van der Waals surface area contributed by atoms with Gasteiger partial charge in [-0.15, -0.1) is 0 Å². The molecular formula is C27H26ClN3O2S. The van der Waals surface area contributed by atoms with Crippen molar-refractivity contribution in [1.29, 1.82) is 0 Å². The third-order valence-corrected chi connectivity index (χ3v) is 7.21. The van der Waals surface area contributed by atoms with Crippen molar-refractivity contribution in [3.63, 3.8) is 0 Å². The van der Waals surface area contributed by atoms with Crippen LogP contribution in [0.25, 0.3) is 0 Å². The molecule has 5 nitrogen and oxygen atoms in total. The molecule has 1 fully saturated rings. The van der Waals surface area contributed by atoms with Gasteiger partial charge in [0.15, 0.2) is 10.8 Å². The first-order valence-electron chi connectivity index (χ1n) is 11.2. The van der Waals surface area contributed by atoms with Crippen LogP contribution in [0.15, 0.2) is 60.7 Å². The van der Waals surface area contributed by atoms with Gasteiger partial charge in [-0.05, 0) is 81.9 Å². The van der Waals surface area contributed by atoms with Crippen molar-refractivity contribution in [3.8, 4) is 5.75 Å². The van der Waals surface area contributed by atoms with Gasteiger partial charge in [0.1, 0.15) is 11.7 Å². The Labute approximate surface area is 210 Å². The molecule has 0 spiro atoms. The number of amides is 1. The molecule has 3 aromatic carbocycles. The van der Waals surface area contributed by atoms with E-state index >= 15 is 0 Å². The Hall–Kier alpha value is -3.09. The number of aryl methyl sites for hydroxylation is 3. The van der Waals surface area contributed by atoms with E-state index in [2.05, 4.69) is 16.7 Å². The van der Waals surface area contributed by atoms with Crippen LogP contribution in [0.2, 0.25) is 5.02 Å². The number of fused-ring (bicyclic) bond motifs is 4. The Balaban J connectivity index is 1.63. The van der Waals surface area contributed by atoms with Crippen molar-refractivity contribution in [2.45, 2.75) is 39.5 Å². The Kier molecular flexibility index (Phi) is 5.53. The standard InChI is InChI=1S/C27H26ClN3O2S/c1-15-5-9-19(10-6-15)31-26(34)30-24-20-14-18(28)8-12-22(20)33-27(31,4)23(24)25(32)29-21-11-7-16(2)13-17(21)3/h5-14,23-24H,1-4H3,(H,29,32)(H,30,34)/t23-,24+,27-/m0/s1. The second kappa shape index (κ2) is 8.29. The van der Waals surface area contributed by atoms with Crippen LogP contribution >= 0.6 is 23.8 Å². The highest BCUT2D eigenvalue weighted by molar-refractivity contribution is 7.80. The maximum absolute atomic E-state index is 13.9. The van der Waals surface area contributed by atoms with Gasteiger partial charge in [0.25, 0.3) is 0 Å². The zero-order chi connectivity index (χ0) is 24.2. The van der Waals surface area contributed by atoms with E-state index in [0.29, 0.717) is 15.9 Å². The van der Waals surface area contributed by atoms with Crippen molar-refractivity contribution < 1.29 is 9.53 Å². The van der Waals surface area contributed by atoms with Gasteiger partial charge in [-0.2, -0.15) is 0 Å². The predicted octanol–water partition coefficient (Wildman–Crippen LogP) is 6.06.